The van der Waals surface area contributed by atoms with Crippen LogP contribution in [-0.2, 0) is 6.54 Å². The minimum Gasteiger partial charge on any atom is -0.455 e. The van der Waals surface area contributed by atoms with E-state index >= 15 is 0 Å². The summed E-state index contributed by atoms with van der Waals surface area (Å²) in [6, 6.07) is 8.65. The van der Waals surface area contributed by atoms with Crippen molar-refractivity contribution in [3.63, 3.8) is 0 Å². The smallest absolute Gasteiger partial charge is 0.150 e. The summed E-state index contributed by atoms with van der Waals surface area (Å²) in [5.74, 6) is 1.67. The molecule has 0 unspecified atom stereocenters. The van der Waals surface area contributed by atoms with E-state index in [2.05, 4.69) is 44.1 Å². The van der Waals surface area contributed by atoms with Crippen LogP contribution in [0.25, 0.3) is 0 Å². The molecule has 20 heavy (non-hydrogen) atoms. The summed E-state index contributed by atoms with van der Waals surface area (Å²) >= 11 is 0. The van der Waals surface area contributed by atoms with Crippen molar-refractivity contribution in [2.24, 2.45) is 0 Å². The number of ether oxygens (including phenoxy) is 1. The minimum absolute atomic E-state index is 0.442. The van der Waals surface area contributed by atoms with Gasteiger partial charge in [-0.1, -0.05) is 19.9 Å². The molecular formula is C17H22N2O. The second kappa shape index (κ2) is 6.53. The highest BCUT2D eigenvalue weighted by Crippen LogP contribution is 2.26. The lowest BCUT2D eigenvalue weighted by molar-refractivity contribution is 0.466. The number of benzene rings is 1. The third-order valence-corrected chi connectivity index (χ3v) is 2.99. The van der Waals surface area contributed by atoms with E-state index in [4.69, 9.17) is 4.74 Å². The lowest BCUT2D eigenvalue weighted by Gasteiger charge is -2.13. The summed E-state index contributed by atoms with van der Waals surface area (Å²) in [5, 5.41) is 3.40. The van der Waals surface area contributed by atoms with E-state index in [0.717, 1.165) is 23.6 Å². The molecule has 0 bridgehead atoms. The number of hydrogen-bond acceptors (Lipinski definition) is 3. The Bertz CT molecular complexity index is 559. The fourth-order valence-electron chi connectivity index (χ4n) is 2.08. The molecule has 0 atom stereocenters. The normalized spacial score (nSPS) is 10.8. The molecule has 2 aromatic rings. The molecule has 0 amide bonds. The summed E-state index contributed by atoms with van der Waals surface area (Å²) < 4.78 is 6.00. The molecule has 1 heterocycles. The molecule has 3 heteroatoms. The SMILES string of the molecule is Cc1cc(C)cc(Oc2cnccc2CNC(C)C)c1. The molecule has 106 valence electrons. The van der Waals surface area contributed by atoms with Crippen LogP contribution < -0.4 is 10.1 Å². The first kappa shape index (κ1) is 14.5. The Hall–Kier alpha value is -1.87. The molecule has 0 saturated heterocycles. The zero-order valence-corrected chi connectivity index (χ0v) is 12.6. The third kappa shape index (κ3) is 4.07. The van der Waals surface area contributed by atoms with Crippen molar-refractivity contribution in [3.05, 3.63) is 53.3 Å². The van der Waals surface area contributed by atoms with Crippen molar-refractivity contribution in [3.8, 4) is 11.5 Å². The Morgan fingerprint density at radius 2 is 1.85 bits per heavy atom. The van der Waals surface area contributed by atoms with Crippen molar-refractivity contribution in [2.75, 3.05) is 0 Å². The van der Waals surface area contributed by atoms with Gasteiger partial charge in [0.25, 0.3) is 0 Å². The van der Waals surface area contributed by atoms with Gasteiger partial charge in [-0.2, -0.15) is 0 Å². The van der Waals surface area contributed by atoms with E-state index in [1.54, 1.807) is 12.4 Å². The minimum atomic E-state index is 0.442. The van der Waals surface area contributed by atoms with Gasteiger partial charge in [0.05, 0.1) is 6.20 Å². The molecule has 1 aromatic heterocycles. The summed E-state index contributed by atoms with van der Waals surface area (Å²) in [4.78, 5) is 4.16. The van der Waals surface area contributed by atoms with Crippen molar-refractivity contribution < 1.29 is 4.74 Å². The largest absolute Gasteiger partial charge is 0.455 e. The van der Waals surface area contributed by atoms with Crippen LogP contribution in [0.3, 0.4) is 0 Å². The molecule has 1 N–H and O–H groups in total. The maximum Gasteiger partial charge on any atom is 0.150 e. The third-order valence-electron chi connectivity index (χ3n) is 2.99. The lowest BCUT2D eigenvalue weighted by atomic mass is 10.1. The van der Waals surface area contributed by atoms with Crippen molar-refractivity contribution in [1.82, 2.24) is 10.3 Å². The van der Waals surface area contributed by atoms with Crippen LogP contribution in [0.4, 0.5) is 0 Å². The van der Waals surface area contributed by atoms with Crippen LogP contribution in [0.1, 0.15) is 30.5 Å². The summed E-state index contributed by atoms with van der Waals surface area (Å²) in [6.45, 7) is 9.19. The highest BCUT2D eigenvalue weighted by molar-refractivity contribution is 5.39. The molecule has 0 aliphatic heterocycles. The molecule has 3 nitrogen and oxygen atoms in total. The predicted molar refractivity (Wildman–Crippen MR) is 82.2 cm³/mol. The number of nitrogens with one attached hydrogen (secondary N) is 1. The average molecular weight is 270 g/mol. The Labute approximate surface area is 121 Å². The molecule has 0 aliphatic rings. The number of aryl methyl sites for hydroxylation is 2. The zero-order chi connectivity index (χ0) is 14.5. The van der Waals surface area contributed by atoms with Crippen LogP contribution in [0.2, 0.25) is 0 Å². The van der Waals surface area contributed by atoms with Gasteiger partial charge in [-0.05, 0) is 43.2 Å². The van der Waals surface area contributed by atoms with Crippen LogP contribution in [0, 0.1) is 13.8 Å². The standard InChI is InChI=1S/C17H22N2O/c1-12(2)19-10-15-5-6-18-11-17(15)20-16-8-13(3)7-14(4)9-16/h5-9,11-12,19H,10H2,1-4H3. The molecule has 0 saturated carbocycles. The highest BCUT2D eigenvalue weighted by Gasteiger charge is 2.06. The van der Waals surface area contributed by atoms with Gasteiger partial charge >= 0.3 is 0 Å². The van der Waals surface area contributed by atoms with Crippen LogP contribution in [0.5, 0.6) is 11.5 Å². The van der Waals surface area contributed by atoms with Gasteiger partial charge in [0, 0.05) is 24.3 Å². The number of nitrogens with zero attached hydrogens (tertiary/aromatic N) is 1. The Balaban J connectivity index is 2.20. The van der Waals surface area contributed by atoms with E-state index in [0.29, 0.717) is 6.04 Å². The van der Waals surface area contributed by atoms with Crippen LogP contribution in [0.15, 0.2) is 36.7 Å². The van der Waals surface area contributed by atoms with Crippen LogP contribution >= 0.6 is 0 Å². The fourth-order valence-corrected chi connectivity index (χ4v) is 2.08. The van der Waals surface area contributed by atoms with Gasteiger partial charge in [0.1, 0.15) is 11.5 Å². The maximum atomic E-state index is 6.00. The lowest BCUT2D eigenvalue weighted by Crippen LogP contribution is -2.22. The van der Waals surface area contributed by atoms with E-state index in [1.807, 2.05) is 18.2 Å². The Kier molecular flexibility index (Phi) is 4.74. The van der Waals surface area contributed by atoms with Gasteiger partial charge in [-0.15, -0.1) is 0 Å². The zero-order valence-electron chi connectivity index (χ0n) is 12.6. The van der Waals surface area contributed by atoms with Gasteiger partial charge < -0.3 is 10.1 Å². The predicted octanol–water partition coefficient (Wildman–Crippen LogP) is 3.99. The molecule has 2 rings (SSSR count). The number of rotatable bonds is 5. The molecule has 0 fully saturated rings. The number of hydrogen-bond donors (Lipinski definition) is 1. The van der Waals surface area contributed by atoms with Crippen molar-refractivity contribution >= 4 is 0 Å². The van der Waals surface area contributed by atoms with Gasteiger partial charge in [-0.25, -0.2) is 0 Å². The van der Waals surface area contributed by atoms with E-state index in [-0.39, 0.29) is 0 Å². The first-order valence-electron chi connectivity index (χ1n) is 6.97. The average Bonchev–Trinajstić information content (AvgIpc) is 2.36. The van der Waals surface area contributed by atoms with Gasteiger partial charge in [0.15, 0.2) is 0 Å². The maximum absolute atomic E-state index is 6.00. The summed E-state index contributed by atoms with van der Waals surface area (Å²) in [5.41, 5.74) is 3.52. The molecule has 0 aliphatic carbocycles. The van der Waals surface area contributed by atoms with Crippen LogP contribution in [-0.4, -0.2) is 11.0 Å². The first-order chi connectivity index (χ1) is 9.54. The number of aromatic nitrogens is 1. The van der Waals surface area contributed by atoms with Crippen molar-refractivity contribution in [2.45, 2.75) is 40.3 Å². The molecule has 0 radical (unpaired) electrons. The molecular weight excluding hydrogens is 248 g/mol. The van der Waals surface area contributed by atoms with Gasteiger partial charge in [0.2, 0.25) is 0 Å². The Morgan fingerprint density at radius 3 is 2.50 bits per heavy atom. The topological polar surface area (TPSA) is 34.1 Å². The first-order valence-corrected chi connectivity index (χ1v) is 6.97. The summed E-state index contributed by atoms with van der Waals surface area (Å²) in [7, 11) is 0. The fraction of sp³-hybridized carbons (Fsp3) is 0.353. The van der Waals surface area contributed by atoms with Crippen molar-refractivity contribution in [1.29, 1.82) is 0 Å². The second-order valence-corrected chi connectivity index (χ2v) is 5.44. The van der Waals surface area contributed by atoms with E-state index in [1.165, 1.54) is 11.1 Å². The number of pyridine rings is 1. The quantitative estimate of drug-likeness (QED) is 0.892. The van der Waals surface area contributed by atoms with Gasteiger partial charge in [-0.3, -0.25) is 4.98 Å². The molecule has 1 aromatic carbocycles. The monoisotopic (exact) mass is 270 g/mol. The van der Waals surface area contributed by atoms with E-state index in [9.17, 15) is 0 Å². The second-order valence-electron chi connectivity index (χ2n) is 5.44. The molecule has 0 spiro atoms. The summed E-state index contributed by atoms with van der Waals surface area (Å²) in [6.07, 6.45) is 3.57. The van der Waals surface area contributed by atoms with E-state index < -0.39 is 0 Å². The highest BCUT2D eigenvalue weighted by atomic mass is 16.5. The Morgan fingerprint density at radius 1 is 1.15 bits per heavy atom.